The molecule has 0 radical (unpaired) electrons. The van der Waals surface area contributed by atoms with Crippen molar-refractivity contribution in [3.8, 4) is 0 Å². The van der Waals surface area contributed by atoms with E-state index in [-0.39, 0.29) is 18.2 Å². The number of esters is 1. The van der Waals surface area contributed by atoms with E-state index in [1.807, 2.05) is 6.92 Å². The van der Waals surface area contributed by atoms with Crippen LogP contribution in [0.5, 0.6) is 0 Å². The zero-order valence-electron chi connectivity index (χ0n) is 11.8. The number of aromatic nitrogens is 1. The maximum atomic E-state index is 11.6. The summed E-state index contributed by atoms with van der Waals surface area (Å²) < 4.78 is 4.70. The van der Waals surface area contributed by atoms with E-state index in [1.54, 1.807) is 12.1 Å². The summed E-state index contributed by atoms with van der Waals surface area (Å²) in [6.45, 7) is 5.57. The number of pyridine rings is 1. The number of ketones is 1. The molecule has 0 aliphatic rings. The van der Waals surface area contributed by atoms with Crippen molar-refractivity contribution in [1.29, 1.82) is 0 Å². The van der Waals surface area contributed by atoms with Crippen LogP contribution in [0.2, 0.25) is 0 Å². The number of anilines is 1. The molecule has 0 saturated heterocycles. The van der Waals surface area contributed by atoms with Crippen LogP contribution in [0.25, 0.3) is 0 Å². The summed E-state index contributed by atoms with van der Waals surface area (Å²) in [5, 5.41) is 3.19. The summed E-state index contributed by atoms with van der Waals surface area (Å²) in [6.07, 6.45) is 1.15. The van der Waals surface area contributed by atoms with E-state index in [1.165, 1.54) is 14.0 Å². The van der Waals surface area contributed by atoms with Crippen LogP contribution in [0.1, 0.15) is 43.2 Å². The Labute approximate surface area is 113 Å². The molecule has 0 aromatic carbocycles. The third kappa shape index (κ3) is 4.69. The van der Waals surface area contributed by atoms with Crippen LogP contribution in [-0.2, 0) is 16.0 Å². The molecule has 1 N–H and O–H groups in total. The maximum absolute atomic E-state index is 11.6. The van der Waals surface area contributed by atoms with E-state index in [4.69, 9.17) is 4.74 Å². The van der Waals surface area contributed by atoms with Crippen LogP contribution in [0, 0.1) is 0 Å². The van der Waals surface area contributed by atoms with Crippen molar-refractivity contribution in [1.82, 2.24) is 4.98 Å². The van der Waals surface area contributed by atoms with Crippen molar-refractivity contribution < 1.29 is 14.3 Å². The van der Waals surface area contributed by atoms with Gasteiger partial charge in [-0.1, -0.05) is 6.92 Å². The first-order chi connectivity index (χ1) is 8.96. The monoisotopic (exact) mass is 264 g/mol. The fraction of sp³-hybridized carbons (Fsp3) is 0.500. The number of rotatable bonds is 6. The number of methoxy groups -OCH3 is 1. The van der Waals surface area contributed by atoms with Crippen molar-refractivity contribution in [3.05, 3.63) is 23.4 Å². The van der Waals surface area contributed by atoms with Gasteiger partial charge in [0.25, 0.3) is 0 Å². The minimum absolute atomic E-state index is 0.00371. The van der Waals surface area contributed by atoms with E-state index in [9.17, 15) is 9.59 Å². The Balaban J connectivity index is 3.08. The highest BCUT2D eigenvalue weighted by Gasteiger charge is 2.12. The normalized spacial score (nSPS) is 11.8. The molecule has 1 heterocycles. The van der Waals surface area contributed by atoms with E-state index in [0.717, 1.165) is 6.42 Å². The number of carbonyl (C=O) groups is 2. The number of carbonyl (C=O) groups excluding carboxylic acids is 2. The van der Waals surface area contributed by atoms with Gasteiger partial charge in [-0.15, -0.1) is 0 Å². The molecule has 19 heavy (non-hydrogen) atoms. The van der Waals surface area contributed by atoms with E-state index in [2.05, 4.69) is 17.2 Å². The van der Waals surface area contributed by atoms with Crippen molar-refractivity contribution in [3.63, 3.8) is 0 Å². The summed E-state index contributed by atoms with van der Waals surface area (Å²) in [7, 11) is 1.33. The molecule has 1 aromatic rings. The molecule has 1 aromatic heterocycles. The molecule has 0 aliphatic carbocycles. The van der Waals surface area contributed by atoms with Gasteiger partial charge in [-0.05, 0) is 32.4 Å². The molecule has 0 aliphatic heterocycles. The highest BCUT2D eigenvalue weighted by atomic mass is 16.5. The van der Waals surface area contributed by atoms with Gasteiger partial charge in [-0.2, -0.15) is 0 Å². The average Bonchev–Trinajstić information content (AvgIpc) is 2.36. The Hall–Kier alpha value is -1.91. The highest BCUT2D eigenvalue weighted by molar-refractivity contribution is 5.90. The topological polar surface area (TPSA) is 68.3 Å². The van der Waals surface area contributed by atoms with Gasteiger partial charge in [0.1, 0.15) is 11.6 Å². The zero-order valence-corrected chi connectivity index (χ0v) is 11.8. The van der Waals surface area contributed by atoms with E-state index in [0.29, 0.717) is 17.1 Å². The van der Waals surface area contributed by atoms with Gasteiger partial charge in [0, 0.05) is 12.5 Å². The van der Waals surface area contributed by atoms with Crippen LogP contribution < -0.4 is 5.32 Å². The Kier molecular flexibility index (Phi) is 5.48. The minimum Gasteiger partial charge on any atom is -0.465 e. The third-order valence-electron chi connectivity index (χ3n) is 2.74. The lowest BCUT2D eigenvalue weighted by Crippen LogP contribution is -2.16. The Bertz CT molecular complexity index is 472. The van der Waals surface area contributed by atoms with Gasteiger partial charge in [0.05, 0.1) is 18.4 Å². The van der Waals surface area contributed by atoms with Gasteiger partial charge in [-0.3, -0.25) is 4.79 Å². The molecule has 0 spiro atoms. The molecular weight excluding hydrogens is 244 g/mol. The van der Waals surface area contributed by atoms with Gasteiger partial charge in [0.15, 0.2) is 0 Å². The van der Waals surface area contributed by atoms with Crippen LogP contribution >= 0.6 is 0 Å². The number of Topliss-reactive ketones (excluding diaryl/α,β-unsaturated/α-hetero) is 1. The molecule has 104 valence electrons. The highest BCUT2D eigenvalue weighted by Crippen LogP contribution is 2.14. The van der Waals surface area contributed by atoms with E-state index < -0.39 is 5.97 Å². The molecule has 1 atom stereocenters. The third-order valence-corrected chi connectivity index (χ3v) is 2.74. The van der Waals surface area contributed by atoms with Crippen molar-refractivity contribution in [2.24, 2.45) is 0 Å². The van der Waals surface area contributed by atoms with Crippen molar-refractivity contribution in [2.75, 3.05) is 12.4 Å². The smallest absolute Gasteiger partial charge is 0.338 e. The van der Waals surface area contributed by atoms with Crippen molar-refractivity contribution >= 4 is 17.6 Å². The average molecular weight is 264 g/mol. The van der Waals surface area contributed by atoms with Gasteiger partial charge < -0.3 is 10.1 Å². The van der Waals surface area contributed by atoms with Crippen LogP contribution in [0.4, 0.5) is 5.82 Å². The van der Waals surface area contributed by atoms with Crippen molar-refractivity contribution in [2.45, 2.75) is 39.7 Å². The number of nitrogens with zero attached hydrogens (tertiary/aromatic N) is 1. The van der Waals surface area contributed by atoms with E-state index >= 15 is 0 Å². The standard InChI is InChI=1S/C14H20N2O3/c1-5-9(2)15-13-8-11(14(18)19-4)7-12(16-13)6-10(3)17/h7-9H,5-6H2,1-4H3,(H,15,16). The molecule has 0 bridgehead atoms. The summed E-state index contributed by atoms with van der Waals surface area (Å²) in [6, 6.07) is 3.47. The number of hydrogen-bond donors (Lipinski definition) is 1. The molecule has 0 saturated carbocycles. The Morgan fingerprint density at radius 3 is 2.63 bits per heavy atom. The van der Waals surface area contributed by atoms with Crippen LogP contribution in [0.3, 0.4) is 0 Å². The lowest BCUT2D eigenvalue weighted by molar-refractivity contribution is -0.116. The van der Waals surface area contributed by atoms with Gasteiger partial charge >= 0.3 is 5.97 Å². The summed E-state index contributed by atoms with van der Waals surface area (Å²) in [5.41, 5.74) is 0.973. The number of nitrogens with one attached hydrogen (secondary N) is 1. The maximum Gasteiger partial charge on any atom is 0.338 e. The first-order valence-electron chi connectivity index (χ1n) is 6.31. The first kappa shape index (κ1) is 15.1. The first-order valence-corrected chi connectivity index (χ1v) is 6.31. The fourth-order valence-electron chi connectivity index (χ4n) is 1.60. The second kappa shape index (κ2) is 6.87. The number of hydrogen-bond acceptors (Lipinski definition) is 5. The minimum atomic E-state index is -0.431. The second-order valence-electron chi connectivity index (χ2n) is 4.56. The quantitative estimate of drug-likeness (QED) is 0.798. The molecule has 1 unspecified atom stereocenters. The largest absolute Gasteiger partial charge is 0.465 e. The lowest BCUT2D eigenvalue weighted by Gasteiger charge is -2.14. The SMILES string of the molecule is CCC(C)Nc1cc(C(=O)OC)cc(CC(C)=O)n1. The van der Waals surface area contributed by atoms with Crippen LogP contribution in [0.15, 0.2) is 12.1 Å². The summed E-state index contributed by atoms with van der Waals surface area (Å²) >= 11 is 0. The van der Waals surface area contributed by atoms with Gasteiger partial charge in [-0.25, -0.2) is 9.78 Å². The fourth-order valence-corrected chi connectivity index (χ4v) is 1.60. The lowest BCUT2D eigenvalue weighted by atomic mass is 10.1. The molecular formula is C14H20N2O3. The molecule has 5 heteroatoms. The predicted molar refractivity (Wildman–Crippen MR) is 73.3 cm³/mol. The van der Waals surface area contributed by atoms with Gasteiger partial charge in [0.2, 0.25) is 0 Å². The predicted octanol–water partition coefficient (Wildman–Crippen LogP) is 2.21. The second-order valence-corrected chi connectivity index (χ2v) is 4.56. The Morgan fingerprint density at radius 2 is 2.11 bits per heavy atom. The van der Waals surface area contributed by atoms with Crippen LogP contribution in [-0.4, -0.2) is 29.9 Å². The molecule has 0 amide bonds. The Morgan fingerprint density at radius 1 is 1.42 bits per heavy atom. The summed E-state index contributed by atoms with van der Waals surface area (Å²) in [5.74, 6) is 0.164. The molecule has 1 rings (SSSR count). The molecule has 5 nitrogen and oxygen atoms in total. The molecule has 0 fully saturated rings. The number of ether oxygens (including phenoxy) is 1. The zero-order chi connectivity index (χ0) is 14.4. The summed E-state index contributed by atoms with van der Waals surface area (Å²) in [4.78, 5) is 27.1.